The number of thioether (sulfide) groups is 1. The van der Waals surface area contributed by atoms with Crippen molar-refractivity contribution in [3.63, 3.8) is 0 Å². The van der Waals surface area contributed by atoms with Gasteiger partial charge in [0.25, 0.3) is 0 Å². The molecule has 3 nitrogen and oxygen atoms in total. The number of ether oxygens (including phenoxy) is 1. The molecule has 0 unspecified atom stereocenters. The smallest absolute Gasteiger partial charge is 0.306 e. The molecule has 0 aliphatic heterocycles. The first-order chi connectivity index (χ1) is 6.72. The summed E-state index contributed by atoms with van der Waals surface area (Å²) in [6, 6.07) is 6.95. The predicted octanol–water partition coefficient (Wildman–Crippen LogP) is 2.05. The first-order valence-corrected chi connectivity index (χ1v) is 5.19. The lowest BCUT2D eigenvalue weighted by molar-refractivity contribution is -0.140. The number of phenolic OH excluding ortho intramolecular Hbond substituents is 1. The summed E-state index contributed by atoms with van der Waals surface area (Å²) in [6.45, 7) is 0. The minimum absolute atomic E-state index is 0.211. The van der Waals surface area contributed by atoms with E-state index in [2.05, 4.69) is 4.74 Å². The van der Waals surface area contributed by atoms with E-state index in [1.807, 2.05) is 6.07 Å². The molecule has 0 heterocycles. The van der Waals surface area contributed by atoms with Crippen LogP contribution in [0.15, 0.2) is 29.2 Å². The Bertz CT molecular complexity index is 312. The third kappa shape index (κ3) is 3.70. The summed E-state index contributed by atoms with van der Waals surface area (Å²) in [5.41, 5.74) is 0. The van der Waals surface area contributed by atoms with Crippen LogP contribution in [0.3, 0.4) is 0 Å². The maximum absolute atomic E-state index is 10.8. The SMILES string of the molecule is COC(=O)CCSc1cccc(O)c1. The van der Waals surface area contributed by atoms with Crippen molar-refractivity contribution in [1.29, 1.82) is 0 Å². The second-order valence-corrected chi connectivity index (χ2v) is 3.84. The molecule has 1 aromatic carbocycles. The zero-order chi connectivity index (χ0) is 10.4. The van der Waals surface area contributed by atoms with Crippen molar-refractivity contribution in [3.05, 3.63) is 24.3 Å². The van der Waals surface area contributed by atoms with Gasteiger partial charge >= 0.3 is 5.97 Å². The number of methoxy groups -OCH3 is 1. The van der Waals surface area contributed by atoms with Gasteiger partial charge in [-0.05, 0) is 18.2 Å². The van der Waals surface area contributed by atoms with Gasteiger partial charge in [0.2, 0.25) is 0 Å². The zero-order valence-electron chi connectivity index (χ0n) is 7.90. The standard InChI is InChI=1S/C10H12O3S/c1-13-10(12)5-6-14-9-4-2-3-8(11)7-9/h2-4,7,11H,5-6H2,1H3. The van der Waals surface area contributed by atoms with Crippen LogP contribution in [0.25, 0.3) is 0 Å². The Kier molecular flexibility index (Phi) is 4.32. The molecule has 4 heteroatoms. The maximum Gasteiger partial charge on any atom is 0.306 e. The van der Waals surface area contributed by atoms with Crippen LogP contribution in [-0.2, 0) is 9.53 Å². The normalized spacial score (nSPS) is 9.79. The summed E-state index contributed by atoms with van der Waals surface area (Å²) in [4.78, 5) is 11.7. The summed E-state index contributed by atoms with van der Waals surface area (Å²) in [6.07, 6.45) is 0.386. The van der Waals surface area contributed by atoms with E-state index in [9.17, 15) is 4.79 Å². The minimum atomic E-state index is -0.211. The van der Waals surface area contributed by atoms with Crippen LogP contribution in [0.2, 0.25) is 0 Å². The summed E-state index contributed by atoms with van der Waals surface area (Å²) < 4.78 is 4.51. The number of rotatable bonds is 4. The van der Waals surface area contributed by atoms with E-state index in [4.69, 9.17) is 5.11 Å². The van der Waals surface area contributed by atoms with Gasteiger partial charge < -0.3 is 9.84 Å². The quantitative estimate of drug-likeness (QED) is 0.613. The molecule has 0 saturated carbocycles. The van der Waals surface area contributed by atoms with Crippen molar-refractivity contribution in [1.82, 2.24) is 0 Å². The van der Waals surface area contributed by atoms with Crippen molar-refractivity contribution < 1.29 is 14.6 Å². The Morgan fingerprint density at radius 3 is 3.00 bits per heavy atom. The Labute approximate surface area is 87.1 Å². The number of phenols is 1. The highest BCUT2D eigenvalue weighted by Gasteiger charge is 2.01. The number of aromatic hydroxyl groups is 1. The average Bonchev–Trinajstić information content (AvgIpc) is 2.17. The van der Waals surface area contributed by atoms with Gasteiger partial charge in [-0.2, -0.15) is 0 Å². The van der Waals surface area contributed by atoms with E-state index in [-0.39, 0.29) is 11.7 Å². The molecule has 0 saturated heterocycles. The molecule has 0 aliphatic rings. The van der Waals surface area contributed by atoms with Crippen LogP contribution in [0.4, 0.5) is 0 Å². The number of hydrogen-bond donors (Lipinski definition) is 1. The first-order valence-electron chi connectivity index (χ1n) is 4.21. The van der Waals surface area contributed by atoms with Crippen molar-refractivity contribution in [2.75, 3.05) is 12.9 Å². The van der Waals surface area contributed by atoms with E-state index in [1.165, 1.54) is 18.9 Å². The van der Waals surface area contributed by atoms with Crippen LogP contribution >= 0.6 is 11.8 Å². The highest BCUT2D eigenvalue weighted by atomic mass is 32.2. The van der Waals surface area contributed by atoms with Crippen LogP contribution < -0.4 is 0 Å². The third-order valence-electron chi connectivity index (χ3n) is 1.62. The number of benzene rings is 1. The monoisotopic (exact) mass is 212 g/mol. The molecule has 0 bridgehead atoms. The van der Waals surface area contributed by atoms with E-state index < -0.39 is 0 Å². The van der Waals surface area contributed by atoms with Crippen molar-refractivity contribution in [2.24, 2.45) is 0 Å². The van der Waals surface area contributed by atoms with Gasteiger partial charge in [0.05, 0.1) is 13.5 Å². The number of carbonyl (C=O) groups excluding carboxylic acids is 1. The van der Waals surface area contributed by atoms with Crippen molar-refractivity contribution >= 4 is 17.7 Å². The van der Waals surface area contributed by atoms with E-state index >= 15 is 0 Å². The summed E-state index contributed by atoms with van der Waals surface area (Å²) in [5, 5.41) is 9.16. The van der Waals surface area contributed by atoms with Gasteiger partial charge in [0.15, 0.2) is 0 Å². The minimum Gasteiger partial charge on any atom is -0.508 e. The van der Waals surface area contributed by atoms with Crippen molar-refractivity contribution in [3.8, 4) is 5.75 Å². The van der Waals surface area contributed by atoms with Gasteiger partial charge in [-0.3, -0.25) is 4.79 Å². The Balaban J connectivity index is 2.35. The molecule has 0 atom stereocenters. The maximum atomic E-state index is 10.8. The van der Waals surface area contributed by atoms with Gasteiger partial charge in [0, 0.05) is 10.6 Å². The highest BCUT2D eigenvalue weighted by Crippen LogP contribution is 2.22. The fourth-order valence-corrected chi connectivity index (χ4v) is 1.81. The fraction of sp³-hybridized carbons (Fsp3) is 0.300. The fourth-order valence-electron chi connectivity index (χ4n) is 0.928. The lowest BCUT2D eigenvalue weighted by Gasteiger charge is -2.01. The average molecular weight is 212 g/mol. The Morgan fingerprint density at radius 1 is 1.57 bits per heavy atom. The van der Waals surface area contributed by atoms with Crippen LogP contribution in [0.1, 0.15) is 6.42 Å². The third-order valence-corrected chi connectivity index (χ3v) is 2.62. The van der Waals surface area contributed by atoms with Gasteiger partial charge in [-0.15, -0.1) is 11.8 Å². The molecule has 0 spiro atoms. The molecule has 1 N–H and O–H groups in total. The molecule has 14 heavy (non-hydrogen) atoms. The molecule has 0 aromatic heterocycles. The first kappa shape index (κ1) is 10.9. The van der Waals surface area contributed by atoms with E-state index in [1.54, 1.807) is 18.2 Å². The molecular formula is C10H12O3S. The summed E-state index contributed by atoms with van der Waals surface area (Å²) in [7, 11) is 1.38. The lowest BCUT2D eigenvalue weighted by atomic mass is 10.3. The second-order valence-electron chi connectivity index (χ2n) is 2.67. The molecule has 1 aromatic rings. The Morgan fingerprint density at radius 2 is 2.36 bits per heavy atom. The lowest BCUT2D eigenvalue weighted by Crippen LogP contribution is -2.00. The number of carbonyl (C=O) groups is 1. The van der Waals surface area contributed by atoms with Crippen LogP contribution in [-0.4, -0.2) is 23.9 Å². The van der Waals surface area contributed by atoms with Gasteiger partial charge in [-0.25, -0.2) is 0 Å². The number of esters is 1. The molecule has 1 rings (SSSR count). The van der Waals surface area contributed by atoms with Crippen molar-refractivity contribution in [2.45, 2.75) is 11.3 Å². The van der Waals surface area contributed by atoms with Crippen LogP contribution in [0, 0.1) is 0 Å². The number of hydrogen-bond acceptors (Lipinski definition) is 4. The molecule has 0 radical (unpaired) electrons. The summed E-state index contributed by atoms with van der Waals surface area (Å²) in [5.74, 6) is 0.696. The largest absolute Gasteiger partial charge is 0.508 e. The van der Waals surface area contributed by atoms with Crippen LogP contribution in [0.5, 0.6) is 5.75 Å². The van der Waals surface area contributed by atoms with E-state index in [0.29, 0.717) is 12.2 Å². The molecule has 76 valence electrons. The van der Waals surface area contributed by atoms with Gasteiger partial charge in [-0.1, -0.05) is 6.07 Å². The highest BCUT2D eigenvalue weighted by molar-refractivity contribution is 7.99. The predicted molar refractivity (Wildman–Crippen MR) is 55.5 cm³/mol. The van der Waals surface area contributed by atoms with E-state index in [0.717, 1.165) is 4.90 Å². The zero-order valence-corrected chi connectivity index (χ0v) is 8.71. The topological polar surface area (TPSA) is 46.5 Å². The van der Waals surface area contributed by atoms with Gasteiger partial charge in [0.1, 0.15) is 5.75 Å². The molecule has 0 amide bonds. The summed E-state index contributed by atoms with van der Waals surface area (Å²) >= 11 is 1.52. The molecule has 0 aliphatic carbocycles. The Hall–Kier alpha value is -1.16. The molecule has 0 fully saturated rings. The molecular weight excluding hydrogens is 200 g/mol. The second kappa shape index (κ2) is 5.54.